The highest BCUT2D eigenvalue weighted by molar-refractivity contribution is 5.86. The standard InChI is InChI=1S/C25H35NO7/c1-7-13-22(33-18-29-4)25(2,3)21(27)15-12-10-8-9-11-14-19(30-5)16-23-26-20(17-32-23)24(28)31-6/h7,10-14,17,19,21-22,27H,15-16,18H2,1-6H3/b12-10-,13-7+,14-11+/t19-,21-,22-/m0/s1. The lowest BCUT2D eigenvalue weighted by Crippen LogP contribution is -2.41. The number of carbonyl (C=O) groups excluding carboxylic acids is 1. The highest BCUT2D eigenvalue weighted by Gasteiger charge is 2.35. The molecule has 1 aromatic heterocycles. The van der Waals surface area contributed by atoms with E-state index in [9.17, 15) is 9.90 Å². The van der Waals surface area contributed by atoms with Crippen LogP contribution >= 0.6 is 0 Å². The SMILES string of the molecule is C/C=C/[C@H](OCOC)C(C)(C)[C@@H](O)C/C=C\C#C/C=C/[C@@H](Cc1nc(C(=O)OC)co1)OC. The monoisotopic (exact) mass is 461 g/mol. The maximum absolute atomic E-state index is 11.4. The summed E-state index contributed by atoms with van der Waals surface area (Å²) in [4.78, 5) is 15.5. The number of hydrogen-bond acceptors (Lipinski definition) is 8. The van der Waals surface area contributed by atoms with Crippen molar-refractivity contribution >= 4 is 5.97 Å². The second kappa shape index (κ2) is 15.2. The van der Waals surface area contributed by atoms with E-state index in [1.165, 1.54) is 13.4 Å². The van der Waals surface area contributed by atoms with E-state index < -0.39 is 17.5 Å². The van der Waals surface area contributed by atoms with E-state index in [0.717, 1.165) is 0 Å². The zero-order valence-electron chi connectivity index (χ0n) is 20.2. The van der Waals surface area contributed by atoms with Gasteiger partial charge in [0.25, 0.3) is 0 Å². The molecular weight excluding hydrogens is 426 g/mol. The molecule has 0 aliphatic heterocycles. The van der Waals surface area contributed by atoms with E-state index >= 15 is 0 Å². The van der Waals surface area contributed by atoms with E-state index in [1.54, 1.807) is 32.4 Å². The highest BCUT2D eigenvalue weighted by atomic mass is 16.7. The number of oxazole rings is 1. The molecule has 1 rings (SSSR count). The number of allylic oxidation sites excluding steroid dienone is 3. The molecule has 1 N–H and O–H groups in total. The molecule has 1 heterocycles. The first kappa shape index (κ1) is 28.3. The number of ether oxygens (including phenoxy) is 4. The smallest absolute Gasteiger partial charge is 0.360 e. The summed E-state index contributed by atoms with van der Waals surface area (Å²) in [7, 11) is 4.41. The third-order valence-corrected chi connectivity index (χ3v) is 4.99. The van der Waals surface area contributed by atoms with Crippen LogP contribution < -0.4 is 0 Å². The summed E-state index contributed by atoms with van der Waals surface area (Å²) in [6.45, 7) is 5.97. The molecule has 8 nitrogen and oxygen atoms in total. The summed E-state index contributed by atoms with van der Waals surface area (Å²) in [6.07, 6.45) is 11.6. The lowest BCUT2D eigenvalue weighted by atomic mass is 9.79. The Bertz CT molecular complexity index is 858. The maximum Gasteiger partial charge on any atom is 0.360 e. The molecule has 0 aliphatic rings. The Hall–Kier alpha value is -2.70. The van der Waals surface area contributed by atoms with Crippen molar-refractivity contribution in [3.05, 3.63) is 54.3 Å². The number of methoxy groups -OCH3 is 3. The van der Waals surface area contributed by atoms with Crippen LogP contribution in [0.3, 0.4) is 0 Å². The molecule has 0 spiro atoms. The molecule has 0 saturated carbocycles. The van der Waals surface area contributed by atoms with E-state index in [4.69, 9.17) is 18.6 Å². The lowest BCUT2D eigenvalue weighted by molar-refractivity contribution is -0.119. The molecule has 0 radical (unpaired) electrons. The Morgan fingerprint density at radius 1 is 1.24 bits per heavy atom. The number of aliphatic hydroxyl groups is 1. The Morgan fingerprint density at radius 3 is 2.61 bits per heavy atom. The van der Waals surface area contributed by atoms with Crippen LogP contribution in [-0.2, 0) is 25.4 Å². The van der Waals surface area contributed by atoms with Crippen molar-refractivity contribution in [3.63, 3.8) is 0 Å². The van der Waals surface area contributed by atoms with Crippen LogP contribution in [0.5, 0.6) is 0 Å². The molecule has 0 unspecified atom stereocenters. The zero-order chi connectivity index (χ0) is 24.7. The lowest BCUT2D eigenvalue weighted by Gasteiger charge is -2.36. The number of hydrogen-bond donors (Lipinski definition) is 1. The van der Waals surface area contributed by atoms with Crippen molar-refractivity contribution < 1.29 is 33.3 Å². The molecule has 1 aromatic rings. The van der Waals surface area contributed by atoms with Gasteiger partial charge in [-0.25, -0.2) is 9.78 Å². The van der Waals surface area contributed by atoms with Crippen LogP contribution in [0.2, 0.25) is 0 Å². The van der Waals surface area contributed by atoms with Gasteiger partial charge in [-0.3, -0.25) is 0 Å². The molecule has 0 fully saturated rings. The van der Waals surface area contributed by atoms with Gasteiger partial charge in [0.2, 0.25) is 0 Å². The normalized spacial score (nSPS) is 15.0. The molecule has 0 saturated heterocycles. The number of nitrogens with zero attached hydrogens (tertiary/aromatic N) is 1. The fourth-order valence-corrected chi connectivity index (χ4v) is 2.84. The van der Waals surface area contributed by atoms with E-state index in [2.05, 4.69) is 21.6 Å². The van der Waals surface area contributed by atoms with Crippen molar-refractivity contribution in [2.75, 3.05) is 28.1 Å². The van der Waals surface area contributed by atoms with Crippen molar-refractivity contribution in [1.29, 1.82) is 0 Å². The minimum atomic E-state index is -0.627. The van der Waals surface area contributed by atoms with E-state index in [-0.39, 0.29) is 24.7 Å². The largest absolute Gasteiger partial charge is 0.464 e. The Morgan fingerprint density at radius 2 is 1.97 bits per heavy atom. The van der Waals surface area contributed by atoms with Crippen molar-refractivity contribution in [2.24, 2.45) is 5.41 Å². The summed E-state index contributed by atoms with van der Waals surface area (Å²) >= 11 is 0. The summed E-state index contributed by atoms with van der Waals surface area (Å²) < 4.78 is 25.9. The maximum atomic E-state index is 11.4. The van der Waals surface area contributed by atoms with E-state index in [0.29, 0.717) is 18.7 Å². The molecule has 3 atom stereocenters. The molecule has 0 aliphatic carbocycles. The third kappa shape index (κ3) is 9.76. The summed E-state index contributed by atoms with van der Waals surface area (Å²) in [5, 5.41) is 10.6. The molecule has 0 aromatic carbocycles. The molecule has 8 heteroatoms. The molecular formula is C25H35NO7. The average Bonchev–Trinajstić information content (AvgIpc) is 3.27. The number of aromatic nitrogens is 1. The van der Waals surface area contributed by atoms with Crippen LogP contribution in [-0.4, -0.2) is 62.5 Å². The van der Waals surface area contributed by atoms with Crippen LogP contribution in [0.4, 0.5) is 0 Å². The van der Waals surface area contributed by atoms with Gasteiger partial charge in [0.1, 0.15) is 13.1 Å². The quantitative estimate of drug-likeness (QED) is 0.206. The second-order valence-corrected chi connectivity index (χ2v) is 7.74. The fraction of sp³-hybridized carbons (Fsp3) is 0.520. The van der Waals surface area contributed by atoms with E-state index in [1.807, 2.05) is 39.0 Å². The molecule has 0 amide bonds. The minimum absolute atomic E-state index is 0.115. The average molecular weight is 462 g/mol. The number of carbonyl (C=O) groups is 1. The van der Waals surface area contributed by atoms with Gasteiger partial charge in [0.15, 0.2) is 11.6 Å². The predicted molar refractivity (Wildman–Crippen MR) is 124 cm³/mol. The van der Waals surface area contributed by atoms with Crippen molar-refractivity contribution in [3.8, 4) is 11.8 Å². The van der Waals surface area contributed by atoms with Gasteiger partial charge in [-0.15, -0.1) is 0 Å². The molecule has 0 bridgehead atoms. The summed E-state index contributed by atoms with van der Waals surface area (Å²) in [5.41, 5.74) is -0.397. The Balaban J connectivity index is 2.59. The predicted octanol–water partition coefficient (Wildman–Crippen LogP) is 3.48. The Labute approximate surface area is 196 Å². The number of aliphatic hydroxyl groups excluding tert-OH is 1. The third-order valence-electron chi connectivity index (χ3n) is 4.99. The zero-order valence-corrected chi connectivity index (χ0v) is 20.2. The van der Waals surface area contributed by atoms with Gasteiger partial charge >= 0.3 is 5.97 Å². The van der Waals surface area contributed by atoms with Crippen molar-refractivity contribution in [2.45, 2.75) is 51.9 Å². The van der Waals surface area contributed by atoms with Gasteiger partial charge in [-0.05, 0) is 31.6 Å². The number of rotatable bonds is 13. The fourth-order valence-electron chi connectivity index (χ4n) is 2.84. The first-order valence-electron chi connectivity index (χ1n) is 10.6. The van der Waals surface area contributed by atoms with Gasteiger partial charge < -0.3 is 28.5 Å². The molecule has 182 valence electrons. The Kier molecular flexibility index (Phi) is 13.0. The number of esters is 1. The summed E-state index contributed by atoms with van der Waals surface area (Å²) in [6, 6.07) is 0. The van der Waals surface area contributed by atoms with Gasteiger partial charge in [-0.2, -0.15) is 0 Å². The van der Waals surface area contributed by atoms with Gasteiger partial charge in [0, 0.05) is 19.6 Å². The van der Waals surface area contributed by atoms with Gasteiger partial charge in [-0.1, -0.05) is 43.9 Å². The van der Waals surface area contributed by atoms with Crippen LogP contribution in [0.15, 0.2) is 47.1 Å². The van der Waals surface area contributed by atoms with Gasteiger partial charge in [0.05, 0.1) is 31.8 Å². The highest BCUT2D eigenvalue weighted by Crippen LogP contribution is 2.31. The second-order valence-electron chi connectivity index (χ2n) is 7.74. The first-order chi connectivity index (χ1) is 15.8. The van der Waals surface area contributed by atoms with Crippen molar-refractivity contribution in [1.82, 2.24) is 4.98 Å². The minimum Gasteiger partial charge on any atom is -0.464 e. The summed E-state index contributed by atoms with van der Waals surface area (Å²) in [5.74, 6) is 5.60. The topological polar surface area (TPSA) is 100 Å². The van der Waals surface area contributed by atoms with Crippen LogP contribution in [0, 0.1) is 17.3 Å². The molecule has 33 heavy (non-hydrogen) atoms. The van der Waals surface area contributed by atoms with Crippen LogP contribution in [0.25, 0.3) is 0 Å². The van der Waals surface area contributed by atoms with Crippen LogP contribution in [0.1, 0.15) is 43.6 Å². The first-order valence-corrected chi connectivity index (χ1v) is 10.6.